The molecule has 1 unspecified atom stereocenters. The molecule has 0 bridgehead atoms. The van der Waals surface area contributed by atoms with Gasteiger partial charge in [0.15, 0.2) is 9.88 Å². The lowest BCUT2D eigenvalue weighted by Crippen LogP contribution is -2.34. The Labute approximate surface area is 90.7 Å². The number of rotatable bonds is 2. The molecule has 0 spiro atoms. The van der Waals surface area contributed by atoms with Crippen molar-refractivity contribution in [3.8, 4) is 0 Å². The molecule has 0 saturated heterocycles. The summed E-state index contributed by atoms with van der Waals surface area (Å²) >= 11 is 9.42. The summed E-state index contributed by atoms with van der Waals surface area (Å²) < 4.78 is 0.293. The van der Waals surface area contributed by atoms with Gasteiger partial charge in [0.2, 0.25) is 0 Å². The smallest absolute Gasteiger partial charge is 0.256 e. The molecule has 0 saturated carbocycles. The number of hydrogen-bond donors (Lipinski definition) is 4. The fraction of sp³-hybridized carbons (Fsp3) is 0.286. The van der Waals surface area contributed by atoms with E-state index < -0.39 is 0 Å². The Kier molecular flexibility index (Phi) is 3.37. The molecule has 1 heterocycles. The van der Waals surface area contributed by atoms with Crippen molar-refractivity contribution < 1.29 is 0 Å². The average Bonchev–Trinajstić information content (AvgIpc) is 2.01. The van der Waals surface area contributed by atoms with E-state index in [-0.39, 0.29) is 16.7 Å². The number of aromatic amines is 2. The summed E-state index contributed by atoms with van der Waals surface area (Å²) in [6.07, 6.45) is 1.54. The number of aromatic nitrogens is 2. The maximum Gasteiger partial charge on any atom is 0.256 e. The molecule has 0 aromatic carbocycles. The van der Waals surface area contributed by atoms with Gasteiger partial charge in [-0.2, -0.15) is 0 Å². The largest absolute Gasteiger partial charge is 0.376 e. The zero-order valence-electron chi connectivity index (χ0n) is 7.46. The highest BCUT2D eigenvalue weighted by Gasteiger charge is 2.09. The highest BCUT2D eigenvalue weighted by molar-refractivity contribution is 7.80. The van der Waals surface area contributed by atoms with Crippen LogP contribution in [0.3, 0.4) is 0 Å². The molecular weight excluding hydrogens is 220 g/mol. The van der Waals surface area contributed by atoms with Gasteiger partial charge in [0.25, 0.3) is 5.56 Å². The molecule has 1 aromatic rings. The zero-order chi connectivity index (χ0) is 10.7. The third-order valence-electron chi connectivity index (χ3n) is 1.67. The Morgan fingerprint density at radius 1 is 1.71 bits per heavy atom. The number of nitrogens with two attached hydrogens (primary N) is 1. The Hall–Kier alpha value is -1.21. The van der Waals surface area contributed by atoms with Crippen molar-refractivity contribution in [3.05, 3.63) is 26.9 Å². The Bertz CT molecular complexity index is 449. The zero-order valence-corrected chi connectivity index (χ0v) is 9.09. The molecule has 7 heteroatoms. The quantitative estimate of drug-likeness (QED) is 0.550. The topological polar surface area (TPSA) is 86.7 Å². The van der Waals surface area contributed by atoms with Crippen LogP contribution >= 0.6 is 24.4 Å². The summed E-state index contributed by atoms with van der Waals surface area (Å²) in [5, 5.41) is 2.91. The third-order valence-corrected chi connectivity index (χ3v) is 2.01. The van der Waals surface area contributed by atoms with Crippen LogP contribution in [0.1, 0.15) is 18.5 Å². The van der Waals surface area contributed by atoms with Crippen molar-refractivity contribution in [1.29, 1.82) is 0 Å². The normalized spacial score (nSPS) is 12.1. The first kappa shape index (κ1) is 10.9. The fourth-order valence-electron chi connectivity index (χ4n) is 1.03. The first-order valence-electron chi connectivity index (χ1n) is 3.88. The average molecular weight is 230 g/mol. The minimum atomic E-state index is -0.247. The maximum absolute atomic E-state index is 11.4. The van der Waals surface area contributed by atoms with Crippen molar-refractivity contribution in [2.75, 3.05) is 0 Å². The molecule has 0 aliphatic heterocycles. The first-order chi connectivity index (χ1) is 6.50. The third kappa shape index (κ3) is 2.64. The first-order valence-corrected chi connectivity index (χ1v) is 4.70. The lowest BCUT2D eigenvalue weighted by molar-refractivity contribution is 0.701. The van der Waals surface area contributed by atoms with Gasteiger partial charge in [-0.25, -0.2) is 0 Å². The minimum Gasteiger partial charge on any atom is -0.376 e. The molecule has 0 aliphatic rings. The van der Waals surface area contributed by atoms with Gasteiger partial charge in [-0.15, -0.1) is 0 Å². The van der Waals surface area contributed by atoms with Gasteiger partial charge >= 0.3 is 0 Å². The molecule has 1 rings (SSSR count). The van der Waals surface area contributed by atoms with Gasteiger partial charge in [-0.1, -0.05) is 0 Å². The Morgan fingerprint density at radius 2 is 2.36 bits per heavy atom. The Balaban J connectivity index is 3.02. The van der Waals surface area contributed by atoms with E-state index in [1.165, 1.54) is 6.20 Å². The molecule has 1 atom stereocenters. The molecule has 0 radical (unpaired) electrons. The standard InChI is InChI=1S/C7H10N4OS2/c1-3(10-6(8)13)4-2-9-7(14)11-5(4)12/h2-3H,1H3,(H3,8,10,13)(H2,9,11,12,14). The van der Waals surface area contributed by atoms with Crippen molar-refractivity contribution in [2.45, 2.75) is 13.0 Å². The summed E-state index contributed by atoms with van der Waals surface area (Å²) in [4.78, 5) is 16.6. The van der Waals surface area contributed by atoms with Crippen LogP contribution in [0.15, 0.2) is 11.0 Å². The fourth-order valence-corrected chi connectivity index (χ4v) is 1.36. The summed E-state index contributed by atoms with van der Waals surface area (Å²) in [5.41, 5.74) is 5.55. The van der Waals surface area contributed by atoms with Crippen LogP contribution in [-0.4, -0.2) is 15.1 Å². The molecule has 1 aromatic heterocycles. The molecule has 5 N–H and O–H groups in total. The molecule has 14 heavy (non-hydrogen) atoms. The van der Waals surface area contributed by atoms with Crippen LogP contribution in [0.4, 0.5) is 0 Å². The van der Waals surface area contributed by atoms with E-state index in [0.717, 1.165) is 0 Å². The number of nitrogens with one attached hydrogen (secondary N) is 3. The second-order valence-electron chi connectivity index (χ2n) is 2.76. The number of hydrogen-bond acceptors (Lipinski definition) is 3. The van der Waals surface area contributed by atoms with Crippen molar-refractivity contribution in [2.24, 2.45) is 5.73 Å². The van der Waals surface area contributed by atoms with Gasteiger partial charge in [0, 0.05) is 6.20 Å². The summed E-state index contributed by atoms with van der Waals surface area (Å²) in [6.45, 7) is 1.78. The molecular formula is C7H10N4OS2. The number of thiocarbonyl (C=S) groups is 1. The van der Waals surface area contributed by atoms with E-state index in [9.17, 15) is 4.79 Å². The second-order valence-corrected chi connectivity index (χ2v) is 3.61. The lowest BCUT2D eigenvalue weighted by atomic mass is 10.2. The molecule has 76 valence electrons. The monoisotopic (exact) mass is 230 g/mol. The van der Waals surface area contributed by atoms with E-state index in [1.54, 1.807) is 6.92 Å². The summed E-state index contributed by atoms with van der Waals surface area (Å²) in [7, 11) is 0. The maximum atomic E-state index is 11.4. The van der Waals surface area contributed by atoms with E-state index >= 15 is 0 Å². The van der Waals surface area contributed by atoms with Gasteiger partial charge in [0.05, 0.1) is 11.6 Å². The van der Waals surface area contributed by atoms with E-state index in [0.29, 0.717) is 10.3 Å². The van der Waals surface area contributed by atoms with Crippen LogP contribution in [0.2, 0.25) is 0 Å². The molecule has 5 nitrogen and oxygen atoms in total. The molecule has 0 fully saturated rings. The summed E-state index contributed by atoms with van der Waals surface area (Å²) in [6, 6.07) is -0.247. The summed E-state index contributed by atoms with van der Waals surface area (Å²) in [5.74, 6) is 0. The van der Waals surface area contributed by atoms with Crippen LogP contribution in [0.5, 0.6) is 0 Å². The van der Waals surface area contributed by atoms with Crippen LogP contribution in [-0.2, 0) is 0 Å². The molecule has 0 aliphatic carbocycles. The minimum absolute atomic E-state index is 0.152. The van der Waals surface area contributed by atoms with E-state index in [2.05, 4.69) is 27.5 Å². The highest BCUT2D eigenvalue weighted by atomic mass is 32.1. The van der Waals surface area contributed by atoms with Gasteiger partial charge in [-0.3, -0.25) is 9.78 Å². The predicted molar refractivity (Wildman–Crippen MR) is 60.6 cm³/mol. The highest BCUT2D eigenvalue weighted by Crippen LogP contribution is 2.03. The van der Waals surface area contributed by atoms with Crippen molar-refractivity contribution >= 4 is 29.5 Å². The SMILES string of the molecule is CC(NC(N)=S)c1c[nH]c(=S)[nH]c1=O. The van der Waals surface area contributed by atoms with E-state index in [1.807, 2.05) is 0 Å². The van der Waals surface area contributed by atoms with Crippen molar-refractivity contribution in [3.63, 3.8) is 0 Å². The van der Waals surface area contributed by atoms with E-state index in [4.69, 9.17) is 18.0 Å². The second kappa shape index (κ2) is 4.34. The number of H-pyrrole nitrogens is 2. The van der Waals surface area contributed by atoms with Crippen LogP contribution in [0, 0.1) is 4.77 Å². The molecule has 0 amide bonds. The van der Waals surface area contributed by atoms with Gasteiger partial charge < -0.3 is 16.0 Å². The van der Waals surface area contributed by atoms with Gasteiger partial charge in [0.1, 0.15) is 0 Å². The lowest BCUT2D eigenvalue weighted by Gasteiger charge is -2.12. The van der Waals surface area contributed by atoms with Crippen LogP contribution in [0.25, 0.3) is 0 Å². The Morgan fingerprint density at radius 3 is 2.86 bits per heavy atom. The van der Waals surface area contributed by atoms with Crippen molar-refractivity contribution in [1.82, 2.24) is 15.3 Å². The predicted octanol–water partition coefficient (Wildman–Crippen LogP) is 0.327. The van der Waals surface area contributed by atoms with Gasteiger partial charge in [-0.05, 0) is 31.4 Å². The van der Waals surface area contributed by atoms with Crippen LogP contribution < -0.4 is 16.6 Å².